The molecule has 1 aliphatic heterocycles. The van der Waals surface area contributed by atoms with Crippen LogP contribution in [0.5, 0.6) is 0 Å². The van der Waals surface area contributed by atoms with Gasteiger partial charge in [0.05, 0.1) is 18.8 Å². The summed E-state index contributed by atoms with van der Waals surface area (Å²) in [6, 6.07) is 1.45. The van der Waals surface area contributed by atoms with Gasteiger partial charge in [0, 0.05) is 30.8 Å². The van der Waals surface area contributed by atoms with Gasteiger partial charge in [0.15, 0.2) is 11.6 Å². The highest BCUT2D eigenvalue weighted by atomic mass is 19.2. The Morgan fingerprint density at radius 3 is 2.50 bits per heavy atom. The van der Waals surface area contributed by atoms with Gasteiger partial charge in [-0.3, -0.25) is 4.90 Å². The molecule has 3 rings (SSSR count). The lowest BCUT2D eigenvalue weighted by Gasteiger charge is -2.41. The number of nitrogens with two attached hydrogens (primary N) is 1. The first-order chi connectivity index (χ1) is 9.61. The maximum atomic E-state index is 14.1. The van der Waals surface area contributed by atoms with Crippen molar-refractivity contribution in [3.8, 4) is 0 Å². The second-order valence-electron chi connectivity index (χ2n) is 5.35. The topological polar surface area (TPSA) is 38.5 Å². The minimum absolute atomic E-state index is 0.131. The lowest BCUT2D eigenvalue weighted by Crippen LogP contribution is -2.49. The van der Waals surface area contributed by atoms with Gasteiger partial charge in [0.25, 0.3) is 0 Å². The molecule has 2 atom stereocenters. The fourth-order valence-corrected chi connectivity index (χ4v) is 2.91. The maximum Gasteiger partial charge on any atom is 0.161 e. The summed E-state index contributed by atoms with van der Waals surface area (Å²) in [6.07, 6.45) is 1.68. The first kappa shape index (κ1) is 13.9. The number of benzene rings is 1. The third kappa shape index (κ3) is 2.43. The number of halogens is 3. The summed E-state index contributed by atoms with van der Waals surface area (Å²) in [5, 5.41) is 0. The monoisotopic (exact) mass is 286 g/mol. The fraction of sp³-hybridized carbons (Fsp3) is 0.571. The maximum absolute atomic E-state index is 14.1. The summed E-state index contributed by atoms with van der Waals surface area (Å²) >= 11 is 0. The average Bonchev–Trinajstić information content (AvgIpc) is 3.26. The van der Waals surface area contributed by atoms with Gasteiger partial charge in [0.2, 0.25) is 0 Å². The van der Waals surface area contributed by atoms with Crippen molar-refractivity contribution >= 4 is 0 Å². The van der Waals surface area contributed by atoms with E-state index in [1.807, 2.05) is 0 Å². The van der Waals surface area contributed by atoms with Crippen LogP contribution in [0.15, 0.2) is 12.1 Å². The van der Waals surface area contributed by atoms with Crippen molar-refractivity contribution in [2.45, 2.75) is 31.0 Å². The van der Waals surface area contributed by atoms with Crippen LogP contribution in [-0.4, -0.2) is 36.7 Å². The van der Waals surface area contributed by atoms with Crippen LogP contribution in [0.4, 0.5) is 13.2 Å². The lowest BCUT2D eigenvalue weighted by atomic mass is 9.96. The van der Waals surface area contributed by atoms with Crippen molar-refractivity contribution in [1.29, 1.82) is 0 Å². The smallest absolute Gasteiger partial charge is 0.161 e. The predicted molar refractivity (Wildman–Crippen MR) is 67.6 cm³/mol. The van der Waals surface area contributed by atoms with E-state index in [-0.39, 0.29) is 12.1 Å². The quantitative estimate of drug-likeness (QED) is 0.863. The van der Waals surface area contributed by atoms with Crippen molar-refractivity contribution in [3.63, 3.8) is 0 Å². The second-order valence-corrected chi connectivity index (χ2v) is 5.35. The standard InChI is InChI=1S/C14H17F3N2O/c15-10-6-12(17)11(16)5-9(10)14-13(7-18)20-4-3-19(14)8-1-2-8/h5-6,8,13-14H,1-4,7,18H2. The van der Waals surface area contributed by atoms with Crippen molar-refractivity contribution in [2.24, 2.45) is 5.73 Å². The fourth-order valence-electron chi connectivity index (χ4n) is 2.91. The van der Waals surface area contributed by atoms with E-state index in [9.17, 15) is 13.2 Å². The zero-order valence-electron chi connectivity index (χ0n) is 11.0. The molecule has 0 spiro atoms. The van der Waals surface area contributed by atoms with Crippen LogP contribution in [0.25, 0.3) is 0 Å². The largest absolute Gasteiger partial charge is 0.374 e. The van der Waals surface area contributed by atoms with Crippen molar-refractivity contribution in [2.75, 3.05) is 19.7 Å². The van der Waals surface area contributed by atoms with Crippen molar-refractivity contribution in [3.05, 3.63) is 35.1 Å². The zero-order chi connectivity index (χ0) is 14.3. The van der Waals surface area contributed by atoms with E-state index in [2.05, 4.69) is 4.90 Å². The van der Waals surface area contributed by atoms with E-state index in [0.29, 0.717) is 25.3 Å². The summed E-state index contributed by atoms with van der Waals surface area (Å²) in [4.78, 5) is 2.11. The molecule has 6 heteroatoms. The molecule has 1 aromatic rings. The van der Waals surface area contributed by atoms with Crippen LogP contribution < -0.4 is 5.73 Å². The Morgan fingerprint density at radius 2 is 1.85 bits per heavy atom. The van der Waals surface area contributed by atoms with Gasteiger partial charge in [-0.15, -0.1) is 0 Å². The summed E-state index contributed by atoms with van der Waals surface area (Å²) in [5.74, 6) is -2.97. The second kappa shape index (κ2) is 5.35. The van der Waals surface area contributed by atoms with E-state index in [1.54, 1.807) is 0 Å². The van der Waals surface area contributed by atoms with Crippen LogP contribution in [0.3, 0.4) is 0 Å². The molecule has 20 heavy (non-hydrogen) atoms. The molecule has 1 saturated heterocycles. The van der Waals surface area contributed by atoms with Gasteiger partial charge in [-0.05, 0) is 18.9 Å². The molecule has 2 aliphatic rings. The minimum atomic E-state index is -1.18. The number of ether oxygens (including phenoxy) is 1. The van der Waals surface area contributed by atoms with E-state index in [1.165, 1.54) is 0 Å². The summed E-state index contributed by atoms with van der Waals surface area (Å²) in [7, 11) is 0. The zero-order valence-corrected chi connectivity index (χ0v) is 11.0. The number of hydrogen-bond acceptors (Lipinski definition) is 3. The molecule has 110 valence electrons. The predicted octanol–water partition coefficient (Wildman–Crippen LogP) is 1.97. The highest BCUT2D eigenvalue weighted by Gasteiger charge is 2.42. The molecule has 3 nitrogen and oxygen atoms in total. The third-order valence-corrected chi connectivity index (χ3v) is 4.00. The highest BCUT2D eigenvalue weighted by molar-refractivity contribution is 5.26. The molecule has 0 amide bonds. The van der Waals surface area contributed by atoms with Gasteiger partial charge < -0.3 is 10.5 Å². The molecule has 2 N–H and O–H groups in total. The lowest BCUT2D eigenvalue weighted by molar-refractivity contribution is -0.0723. The minimum Gasteiger partial charge on any atom is -0.374 e. The molecule has 2 unspecified atom stereocenters. The van der Waals surface area contributed by atoms with E-state index < -0.39 is 29.6 Å². The van der Waals surface area contributed by atoms with Crippen LogP contribution in [0.1, 0.15) is 24.4 Å². The van der Waals surface area contributed by atoms with Crippen LogP contribution in [0.2, 0.25) is 0 Å². The number of rotatable bonds is 3. The van der Waals surface area contributed by atoms with Crippen molar-refractivity contribution in [1.82, 2.24) is 4.90 Å². The Morgan fingerprint density at radius 1 is 1.15 bits per heavy atom. The Balaban J connectivity index is 2.00. The molecule has 0 radical (unpaired) electrons. The van der Waals surface area contributed by atoms with Gasteiger partial charge in [-0.2, -0.15) is 0 Å². The van der Waals surface area contributed by atoms with E-state index >= 15 is 0 Å². The Bertz CT molecular complexity index is 507. The first-order valence-electron chi connectivity index (χ1n) is 6.83. The van der Waals surface area contributed by atoms with Gasteiger partial charge in [-0.1, -0.05) is 0 Å². The highest BCUT2D eigenvalue weighted by Crippen LogP contribution is 2.39. The van der Waals surface area contributed by atoms with E-state index in [0.717, 1.165) is 18.9 Å². The molecule has 1 aliphatic carbocycles. The number of hydrogen-bond donors (Lipinski definition) is 1. The van der Waals surface area contributed by atoms with Gasteiger partial charge in [-0.25, -0.2) is 13.2 Å². The van der Waals surface area contributed by atoms with Crippen LogP contribution >= 0.6 is 0 Å². The summed E-state index contributed by atoms with van der Waals surface area (Å²) in [6.45, 7) is 1.40. The molecule has 2 fully saturated rings. The van der Waals surface area contributed by atoms with E-state index in [4.69, 9.17) is 10.5 Å². The number of nitrogens with zero attached hydrogens (tertiary/aromatic N) is 1. The Kier molecular flexibility index (Phi) is 3.70. The normalized spacial score (nSPS) is 27.8. The molecule has 0 aromatic heterocycles. The molecule has 1 saturated carbocycles. The molecular weight excluding hydrogens is 269 g/mol. The first-order valence-corrected chi connectivity index (χ1v) is 6.83. The van der Waals surface area contributed by atoms with Gasteiger partial charge in [0.1, 0.15) is 5.82 Å². The summed E-state index contributed by atoms with van der Waals surface area (Å²) < 4.78 is 46.2. The Hall–Kier alpha value is -1.11. The number of morpholine rings is 1. The molecule has 0 bridgehead atoms. The summed E-state index contributed by atoms with van der Waals surface area (Å²) in [5.41, 5.74) is 5.82. The molecular formula is C14H17F3N2O. The van der Waals surface area contributed by atoms with Gasteiger partial charge >= 0.3 is 0 Å². The molecule has 1 aromatic carbocycles. The average molecular weight is 286 g/mol. The third-order valence-electron chi connectivity index (χ3n) is 4.00. The molecule has 1 heterocycles. The van der Waals surface area contributed by atoms with Crippen molar-refractivity contribution < 1.29 is 17.9 Å². The van der Waals surface area contributed by atoms with Crippen LogP contribution in [-0.2, 0) is 4.74 Å². The SMILES string of the molecule is NCC1OCCN(C2CC2)C1c1cc(F)c(F)cc1F. The van der Waals surface area contributed by atoms with Crippen LogP contribution in [0, 0.1) is 17.5 Å². The Labute approximate surface area is 115 Å².